The van der Waals surface area contributed by atoms with Crippen molar-refractivity contribution in [2.24, 2.45) is 0 Å². The molecule has 0 spiro atoms. The van der Waals surface area contributed by atoms with Crippen LogP contribution in [0.4, 0.5) is 0 Å². The molecule has 4 nitrogen and oxygen atoms in total. The van der Waals surface area contributed by atoms with Gasteiger partial charge in [-0.2, -0.15) is 0 Å². The van der Waals surface area contributed by atoms with E-state index in [9.17, 15) is 0 Å². The van der Waals surface area contributed by atoms with Gasteiger partial charge in [0.2, 0.25) is 0 Å². The fraction of sp³-hybridized carbons (Fsp3) is 0.615. The van der Waals surface area contributed by atoms with Crippen LogP contribution in [0.15, 0.2) is 18.3 Å². The minimum Gasteiger partial charge on any atom is -0.495 e. The molecule has 0 bridgehead atoms. The van der Waals surface area contributed by atoms with Gasteiger partial charge in [-0.15, -0.1) is 0 Å². The monoisotopic (exact) mass is 238 g/mol. The summed E-state index contributed by atoms with van der Waals surface area (Å²) < 4.78 is 10.9. The van der Waals surface area contributed by atoms with Gasteiger partial charge in [0.25, 0.3) is 0 Å². The number of hydrogen-bond acceptors (Lipinski definition) is 4. The molecular weight excluding hydrogens is 216 g/mol. The Labute approximate surface area is 103 Å². The Morgan fingerprint density at radius 2 is 2.12 bits per heavy atom. The largest absolute Gasteiger partial charge is 0.495 e. The fourth-order valence-corrected chi connectivity index (χ4v) is 1.97. The van der Waals surface area contributed by atoms with Crippen molar-refractivity contribution in [1.29, 1.82) is 0 Å². The minimum absolute atomic E-state index is 0.0613. The third-order valence-electron chi connectivity index (χ3n) is 2.82. The Morgan fingerprint density at radius 3 is 2.65 bits per heavy atom. The molecule has 1 aromatic heterocycles. The molecule has 0 fully saturated rings. The van der Waals surface area contributed by atoms with E-state index in [1.54, 1.807) is 20.4 Å². The number of pyridine rings is 1. The van der Waals surface area contributed by atoms with E-state index in [4.69, 9.17) is 9.47 Å². The summed E-state index contributed by atoms with van der Waals surface area (Å²) in [5, 5.41) is 3.41. The van der Waals surface area contributed by atoms with Crippen LogP contribution in [0.1, 0.15) is 32.0 Å². The zero-order valence-electron chi connectivity index (χ0n) is 11.1. The van der Waals surface area contributed by atoms with E-state index in [1.807, 2.05) is 12.1 Å². The highest BCUT2D eigenvalue weighted by molar-refractivity contribution is 5.30. The van der Waals surface area contributed by atoms with Gasteiger partial charge >= 0.3 is 0 Å². The highest BCUT2D eigenvalue weighted by Gasteiger charge is 2.24. The molecule has 2 unspecified atom stereocenters. The van der Waals surface area contributed by atoms with E-state index in [0.29, 0.717) is 0 Å². The van der Waals surface area contributed by atoms with Crippen LogP contribution in [0, 0.1) is 0 Å². The maximum absolute atomic E-state index is 5.51. The van der Waals surface area contributed by atoms with Crippen molar-refractivity contribution in [3.05, 3.63) is 24.0 Å². The first-order valence-electron chi connectivity index (χ1n) is 6.03. The van der Waals surface area contributed by atoms with Crippen molar-refractivity contribution in [3.63, 3.8) is 0 Å². The first kappa shape index (κ1) is 13.9. The predicted molar refractivity (Wildman–Crippen MR) is 68.3 cm³/mol. The molecule has 0 saturated carbocycles. The van der Waals surface area contributed by atoms with Crippen molar-refractivity contribution in [2.75, 3.05) is 20.8 Å². The van der Waals surface area contributed by atoms with Crippen LogP contribution in [0.2, 0.25) is 0 Å². The van der Waals surface area contributed by atoms with Gasteiger partial charge in [-0.3, -0.25) is 4.98 Å². The van der Waals surface area contributed by atoms with E-state index >= 15 is 0 Å². The average molecular weight is 238 g/mol. The lowest BCUT2D eigenvalue weighted by Crippen LogP contribution is -2.33. The molecule has 0 aliphatic rings. The average Bonchev–Trinajstić information content (AvgIpc) is 2.39. The summed E-state index contributed by atoms with van der Waals surface area (Å²) >= 11 is 0. The summed E-state index contributed by atoms with van der Waals surface area (Å²) in [7, 11) is 3.39. The van der Waals surface area contributed by atoms with Crippen LogP contribution in [0.5, 0.6) is 5.75 Å². The van der Waals surface area contributed by atoms with E-state index in [0.717, 1.165) is 24.4 Å². The summed E-state index contributed by atoms with van der Waals surface area (Å²) in [5.41, 5.74) is 0.908. The SMILES string of the molecule is CCNC(c1ncccc1OC)C(CC)OC. The molecule has 96 valence electrons. The Balaban J connectivity index is 3.03. The van der Waals surface area contributed by atoms with E-state index in [1.165, 1.54) is 0 Å². The second-order valence-corrected chi connectivity index (χ2v) is 3.81. The van der Waals surface area contributed by atoms with Gasteiger partial charge in [-0.1, -0.05) is 13.8 Å². The van der Waals surface area contributed by atoms with Crippen molar-refractivity contribution in [1.82, 2.24) is 10.3 Å². The predicted octanol–water partition coefficient (Wildman–Crippen LogP) is 2.17. The molecule has 0 radical (unpaired) electrons. The number of nitrogens with one attached hydrogen (secondary N) is 1. The van der Waals surface area contributed by atoms with Crippen LogP contribution in [0.3, 0.4) is 0 Å². The lowest BCUT2D eigenvalue weighted by Gasteiger charge is -2.26. The number of ether oxygens (including phenoxy) is 2. The van der Waals surface area contributed by atoms with Gasteiger partial charge in [0.05, 0.1) is 19.3 Å². The van der Waals surface area contributed by atoms with Crippen LogP contribution in [-0.2, 0) is 4.74 Å². The van der Waals surface area contributed by atoms with Crippen molar-refractivity contribution >= 4 is 0 Å². The smallest absolute Gasteiger partial charge is 0.142 e. The topological polar surface area (TPSA) is 43.4 Å². The molecule has 17 heavy (non-hydrogen) atoms. The standard InChI is InChI=1S/C13H22N2O2/c1-5-10(16-3)12(14-6-2)13-11(17-4)8-7-9-15-13/h7-10,12,14H,5-6H2,1-4H3. The number of nitrogens with zero attached hydrogens (tertiary/aromatic N) is 1. The first-order chi connectivity index (χ1) is 8.28. The maximum Gasteiger partial charge on any atom is 0.142 e. The highest BCUT2D eigenvalue weighted by atomic mass is 16.5. The zero-order valence-corrected chi connectivity index (χ0v) is 11.1. The molecule has 0 amide bonds. The molecule has 4 heteroatoms. The third-order valence-corrected chi connectivity index (χ3v) is 2.82. The van der Waals surface area contributed by atoms with Crippen LogP contribution < -0.4 is 10.1 Å². The Hall–Kier alpha value is -1.13. The molecule has 0 saturated heterocycles. The van der Waals surface area contributed by atoms with Gasteiger partial charge in [0, 0.05) is 13.3 Å². The molecule has 1 rings (SSSR count). The third kappa shape index (κ3) is 3.41. The molecule has 1 aromatic rings. The van der Waals surface area contributed by atoms with Gasteiger partial charge < -0.3 is 14.8 Å². The minimum atomic E-state index is 0.0613. The van der Waals surface area contributed by atoms with Crippen molar-refractivity contribution in [2.45, 2.75) is 32.4 Å². The number of aromatic nitrogens is 1. The molecule has 2 atom stereocenters. The molecular formula is C13H22N2O2. The summed E-state index contributed by atoms with van der Waals surface area (Å²) in [6.45, 7) is 5.04. The lowest BCUT2D eigenvalue weighted by atomic mass is 10.0. The molecule has 0 aliphatic carbocycles. The number of likely N-dealkylation sites (N-methyl/N-ethyl adjacent to an activating group) is 1. The van der Waals surface area contributed by atoms with E-state index in [2.05, 4.69) is 24.1 Å². The van der Waals surface area contributed by atoms with E-state index in [-0.39, 0.29) is 12.1 Å². The fourth-order valence-electron chi connectivity index (χ4n) is 1.97. The highest BCUT2D eigenvalue weighted by Crippen LogP contribution is 2.27. The number of rotatable bonds is 7. The Bertz CT molecular complexity index is 327. The van der Waals surface area contributed by atoms with Crippen molar-refractivity contribution in [3.8, 4) is 5.75 Å². The number of methoxy groups -OCH3 is 2. The second kappa shape index (κ2) is 7.25. The maximum atomic E-state index is 5.51. The van der Waals surface area contributed by atoms with Gasteiger partial charge in [0.15, 0.2) is 0 Å². The first-order valence-corrected chi connectivity index (χ1v) is 6.03. The summed E-state index contributed by atoms with van der Waals surface area (Å²) in [6, 6.07) is 3.86. The second-order valence-electron chi connectivity index (χ2n) is 3.81. The van der Waals surface area contributed by atoms with Crippen LogP contribution in [0.25, 0.3) is 0 Å². The van der Waals surface area contributed by atoms with Gasteiger partial charge in [-0.05, 0) is 25.1 Å². The molecule has 0 aliphatic heterocycles. The van der Waals surface area contributed by atoms with Gasteiger partial charge in [-0.25, -0.2) is 0 Å². The summed E-state index contributed by atoms with van der Waals surface area (Å²) in [4.78, 5) is 4.42. The van der Waals surface area contributed by atoms with Crippen LogP contribution >= 0.6 is 0 Å². The Morgan fingerprint density at radius 1 is 1.35 bits per heavy atom. The number of hydrogen-bond donors (Lipinski definition) is 1. The summed E-state index contributed by atoms with van der Waals surface area (Å²) in [6.07, 6.45) is 2.80. The molecule has 0 aromatic carbocycles. The van der Waals surface area contributed by atoms with Gasteiger partial charge in [0.1, 0.15) is 11.4 Å². The quantitative estimate of drug-likeness (QED) is 0.790. The molecule has 1 N–H and O–H groups in total. The van der Waals surface area contributed by atoms with Crippen LogP contribution in [-0.4, -0.2) is 31.9 Å². The van der Waals surface area contributed by atoms with E-state index < -0.39 is 0 Å². The van der Waals surface area contributed by atoms with Crippen molar-refractivity contribution < 1.29 is 9.47 Å². The molecule has 1 heterocycles. The zero-order chi connectivity index (χ0) is 12.7. The normalized spacial score (nSPS) is 14.4. The summed E-state index contributed by atoms with van der Waals surface area (Å²) in [5.74, 6) is 0.800. The lowest BCUT2D eigenvalue weighted by molar-refractivity contribution is 0.0634. The Kier molecular flexibility index (Phi) is 5.94.